The molecule has 0 heterocycles. The second kappa shape index (κ2) is 13.1. The van der Waals surface area contributed by atoms with Gasteiger partial charge in [-0.25, -0.2) is 8.42 Å². The maximum Gasteiger partial charge on any atom is 0.242 e. The van der Waals surface area contributed by atoms with Crippen LogP contribution in [0.3, 0.4) is 0 Å². The molecule has 35 heavy (non-hydrogen) atoms. The van der Waals surface area contributed by atoms with Crippen LogP contribution in [0.2, 0.25) is 0 Å². The van der Waals surface area contributed by atoms with Crippen LogP contribution in [0.25, 0.3) is 0 Å². The van der Waals surface area contributed by atoms with Gasteiger partial charge in [0.25, 0.3) is 0 Å². The Bertz CT molecular complexity index is 1100. The lowest BCUT2D eigenvalue weighted by Crippen LogP contribution is -2.48. The number of rotatable bonds is 12. The fourth-order valence-electron chi connectivity index (χ4n) is 3.58. The van der Waals surface area contributed by atoms with Crippen molar-refractivity contribution >= 4 is 43.5 Å². The molecular weight excluding hydrogens is 530 g/mol. The number of halogens is 1. The summed E-state index contributed by atoms with van der Waals surface area (Å²) >= 11 is 3.45. The lowest BCUT2D eigenvalue weighted by molar-refractivity contribution is -0.140. The van der Waals surface area contributed by atoms with Crippen molar-refractivity contribution < 1.29 is 18.0 Å². The third kappa shape index (κ3) is 9.29. The van der Waals surface area contributed by atoms with E-state index in [1.54, 1.807) is 24.0 Å². The largest absolute Gasteiger partial charge is 0.354 e. The zero-order valence-corrected chi connectivity index (χ0v) is 23.5. The van der Waals surface area contributed by atoms with Crippen molar-refractivity contribution in [3.8, 4) is 0 Å². The third-order valence-corrected chi connectivity index (χ3v) is 7.26. The van der Waals surface area contributed by atoms with E-state index in [1.165, 1.54) is 4.31 Å². The quantitative estimate of drug-likeness (QED) is 0.410. The van der Waals surface area contributed by atoms with Crippen LogP contribution in [0, 0.1) is 12.8 Å². The van der Waals surface area contributed by atoms with E-state index in [-0.39, 0.29) is 31.3 Å². The summed E-state index contributed by atoms with van der Waals surface area (Å²) in [6.45, 7) is 8.66. The Labute approximate surface area is 218 Å². The summed E-state index contributed by atoms with van der Waals surface area (Å²) in [7, 11) is -3.51. The van der Waals surface area contributed by atoms with Crippen LogP contribution < -0.4 is 9.62 Å². The number of nitrogens with one attached hydrogen (secondary N) is 1. The first-order valence-corrected chi connectivity index (χ1v) is 14.4. The Balaban J connectivity index is 2.15. The van der Waals surface area contributed by atoms with Gasteiger partial charge in [0.1, 0.15) is 6.04 Å². The van der Waals surface area contributed by atoms with Gasteiger partial charge < -0.3 is 10.2 Å². The molecule has 9 heteroatoms. The summed E-state index contributed by atoms with van der Waals surface area (Å²) in [6.07, 6.45) is 1.61. The molecule has 0 aromatic heterocycles. The molecule has 1 N–H and O–H groups in total. The predicted octanol–water partition coefficient (Wildman–Crippen LogP) is 4.49. The van der Waals surface area contributed by atoms with Crippen molar-refractivity contribution in [3.63, 3.8) is 0 Å². The summed E-state index contributed by atoms with van der Waals surface area (Å²) in [4.78, 5) is 27.6. The number of aryl methyl sites for hydroxylation is 1. The van der Waals surface area contributed by atoms with Crippen molar-refractivity contribution in [2.75, 3.05) is 23.7 Å². The van der Waals surface area contributed by atoms with Gasteiger partial charge >= 0.3 is 0 Å². The van der Waals surface area contributed by atoms with Crippen LogP contribution in [0.5, 0.6) is 0 Å². The summed E-state index contributed by atoms with van der Waals surface area (Å²) in [5.74, 6) is -0.113. The monoisotopic (exact) mass is 565 g/mol. The van der Waals surface area contributed by atoms with E-state index in [0.29, 0.717) is 24.6 Å². The van der Waals surface area contributed by atoms with Crippen LogP contribution in [-0.4, -0.2) is 50.5 Å². The zero-order chi connectivity index (χ0) is 26.2. The molecule has 2 rings (SSSR count). The number of carbonyl (C=O) groups is 2. The number of benzene rings is 2. The van der Waals surface area contributed by atoms with Crippen molar-refractivity contribution in [2.45, 2.75) is 53.1 Å². The molecule has 0 radical (unpaired) electrons. The SMILES string of the molecule is Cc1ccc(N(CCCC(=O)N(Cc2cccc(Br)c2)C(C)C(=O)NCC(C)C)S(C)(=O)=O)cc1. The number of anilines is 1. The normalized spacial score (nSPS) is 12.3. The van der Waals surface area contributed by atoms with E-state index >= 15 is 0 Å². The number of nitrogens with zero attached hydrogens (tertiary/aromatic N) is 2. The van der Waals surface area contributed by atoms with Gasteiger partial charge in [-0.05, 0) is 56.0 Å². The van der Waals surface area contributed by atoms with Crippen LogP contribution in [0.1, 0.15) is 44.7 Å². The summed E-state index contributed by atoms with van der Waals surface area (Å²) in [6, 6.07) is 14.2. The molecule has 0 aliphatic heterocycles. The minimum Gasteiger partial charge on any atom is -0.354 e. The van der Waals surface area contributed by atoms with Crippen molar-refractivity contribution in [1.29, 1.82) is 0 Å². The topological polar surface area (TPSA) is 86.8 Å². The van der Waals surface area contributed by atoms with Crippen molar-refractivity contribution in [1.82, 2.24) is 10.2 Å². The third-order valence-electron chi connectivity index (χ3n) is 5.57. The number of hydrogen-bond acceptors (Lipinski definition) is 4. The molecule has 0 bridgehead atoms. The van der Waals surface area contributed by atoms with Crippen LogP contribution in [0.15, 0.2) is 53.0 Å². The molecule has 0 spiro atoms. The highest BCUT2D eigenvalue weighted by atomic mass is 79.9. The average molecular weight is 567 g/mol. The lowest BCUT2D eigenvalue weighted by Gasteiger charge is -2.29. The highest BCUT2D eigenvalue weighted by molar-refractivity contribution is 9.10. The van der Waals surface area contributed by atoms with Gasteiger partial charge in [-0.3, -0.25) is 13.9 Å². The van der Waals surface area contributed by atoms with E-state index in [1.807, 2.05) is 57.2 Å². The highest BCUT2D eigenvalue weighted by Gasteiger charge is 2.26. The van der Waals surface area contributed by atoms with E-state index in [4.69, 9.17) is 0 Å². The fraction of sp³-hybridized carbons (Fsp3) is 0.462. The molecule has 1 atom stereocenters. The van der Waals surface area contributed by atoms with Crippen LogP contribution >= 0.6 is 15.9 Å². The van der Waals surface area contributed by atoms with Gasteiger partial charge in [0, 0.05) is 30.5 Å². The highest BCUT2D eigenvalue weighted by Crippen LogP contribution is 2.20. The lowest BCUT2D eigenvalue weighted by atomic mass is 10.1. The smallest absolute Gasteiger partial charge is 0.242 e. The number of hydrogen-bond donors (Lipinski definition) is 1. The Kier molecular flexibility index (Phi) is 10.8. The molecule has 0 saturated carbocycles. The molecule has 2 amide bonds. The second-order valence-corrected chi connectivity index (χ2v) is 12.1. The maximum absolute atomic E-state index is 13.3. The molecule has 2 aromatic rings. The predicted molar refractivity (Wildman–Crippen MR) is 145 cm³/mol. The molecule has 1 unspecified atom stereocenters. The molecule has 0 aliphatic carbocycles. The Morgan fingerprint density at radius 3 is 2.29 bits per heavy atom. The maximum atomic E-state index is 13.3. The first-order chi connectivity index (χ1) is 16.4. The molecule has 0 aliphatic rings. The van der Waals surface area contributed by atoms with Gasteiger partial charge in [-0.15, -0.1) is 0 Å². The zero-order valence-electron chi connectivity index (χ0n) is 21.1. The Morgan fingerprint density at radius 2 is 1.71 bits per heavy atom. The Morgan fingerprint density at radius 1 is 1.06 bits per heavy atom. The van der Waals surface area contributed by atoms with E-state index in [0.717, 1.165) is 21.9 Å². The molecular formula is C26H36BrN3O4S. The minimum absolute atomic E-state index is 0.119. The summed E-state index contributed by atoms with van der Waals surface area (Å²) in [5.41, 5.74) is 2.50. The van der Waals surface area contributed by atoms with E-state index < -0.39 is 16.1 Å². The minimum atomic E-state index is -3.51. The number of amides is 2. The van der Waals surface area contributed by atoms with Crippen molar-refractivity contribution in [2.24, 2.45) is 5.92 Å². The second-order valence-electron chi connectivity index (χ2n) is 9.24. The summed E-state index contributed by atoms with van der Waals surface area (Å²) in [5, 5.41) is 2.90. The van der Waals surface area contributed by atoms with Gasteiger partial charge in [-0.2, -0.15) is 0 Å². The average Bonchev–Trinajstić information content (AvgIpc) is 2.78. The first-order valence-electron chi connectivity index (χ1n) is 11.7. The fourth-order valence-corrected chi connectivity index (χ4v) is 4.99. The van der Waals surface area contributed by atoms with Crippen molar-refractivity contribution in [3.05, 3.63) is 64.1 Å². The molecule has 0 fully saturated rings. The van der Waals surface area contributed by atoms with Crippen LogP contribution in [-0.2, 0) is 26.2 Å². The molecule has 7 nitrogen and oxygen atoms in total. The summed E-state index contributed by atoms with van der Waals surface area (Å²) < 4.78 is 27.0. The van der Waals surface area contributed by atoms with Gasteiger partial charge in [0.15, 0.2) is 0 Å². The molecule has 2 aromatic carbocycles. The van der Waals surface area contributed by atoms with Gasteiger partial charge in [0.2, 0.25) is 21.8 Å². The first kappa shape index (κ1) is 28.8. The molecule has 0 saturated heterocycles. The Hall–Kier alpha value is -2.39. The van der Waals surface area contributed by atoms with Gasteiger partial charge in [-0.1, -0.05) is 59.6 Å². The van der Waals surface area contributed by atoms with E-state index in [9.17, 15) is 18.0 Å². The van der Waals surface area contributed by atoms with Gasteiger partial charge in [0.05, 0.1) is 11.9 Å². The number of carbonyl (C=O) groups excluding carboxylic acids is 2. The standard InChI is InChI=1S/C26H36BrN3O4S/c1-19(2)17-28-26(32)21(4)29(18-22-8-6-9-23(27)16-22)25(31)10-7-15-30(35(5,33)34)24-13-11-20(3)12-14-24/h6,8-9,11-14,16,19,21H,7,10,15,17-18H2,1-5H3,(H,28,32). The van der Waals surface area contributed by atoms with Crippen LogP contribution in [0.4, 0.5) is 5.69 Å². The number of sulfonamides is 1. The van der Waals surface area contributed by atoms with E-state index in [2.05, 4.69) is 21.2 Å². The molecule has 192 valence electrons.